The molecule has 1 aromatic heterocycles. The van der Waals surface area contributed by atoms with Crippen LogP contribution >= 0.6 is 7.60 Å². The summed E-state index contributed by atoms with van der Waals surface area (Å²) in [5, 5.41) is 0. The van der Waals surface area contributed by atoms with Crippen LogP contribution in [0.3, 0.4) is 0 Å². The SMILES string of the molecule is Cc1cn([C@H]2CC[C@@H](COCP(=O)([O-])[O-])O2)c(=O)[nH]c1=O. The van der Waals surface area contributed by atoms with Gasteiger partial charge >= 0.3 is 5.69 Å². The van der Waals surface area contributed by atoms with Crippen LogP contribution in [0.1, 0.15) is 24.6 Å². The van der Waals surface area contributed by atoms with Crippen LogP contribution in [0.25, 0.3) is 0 Å². The molecule has 1 aliphatic rings. The highest BCUT2D eigenvalue weighted by Crippen LogP contribution is 2.28. The van der Waals surface area contributed by atoms with Crippen molar-refractivity contribution in [3.05, 3.63) is 32.6 Å². The average Bonchev–Trinajstić information content (AvgIpc) is 2.81. The molecule has 1 aromatic rings. The molecule has 0 saturated carbocycles. The van der Waals surface area contributed by atoms with Crippen LogP contribution < -0.4 is 21.0 Å². The van der Waals surface area contributed by atoms with Gasteiger partial charge in [0.2, 0.25) is 0 Å². The third kappa shape index (κ3) is 4.36. The Labute approximate surface area is 119 Å². The number of aryl methyl sites for hydroxylation is 1. The molecule has 2 atom stereocenters. The zero-order chi connectivity index (χ0) is 15.6. The van der Waals surface area contributed by atoms with Crippen molar-refractivity contribution in [3.8, 4) is 0 Å². The molecule has 0 unspecified atom stereocenters. The fourth-order valence-corrected chi connectivity index (χ4v) is 2.44. The van der Waals surface area contributed by atoms with Gasteiger partial charge in [0.05, 0.1) is 19.1 Å². The van der Waals surface area contributed by atoms with Gasteiger partial charge in [0, 0.05) is 11.8 Å². The number of nitrogens with zero attached hydrogens (tertiary/aromatic N) is 1. The van der Waals surface area contributed by atoms with Crippen molar-refractivity contribution in [3.63, 3.8) is 0 Å². The normalized spacial score (nSPS) is 22.6. The summed E-state index contributed by atoms with van der Waals surface area (Å²) >= 11 is 0. The summed E-state index contributed by atoms with van der Waals surface area (Å²) in [6, 6.07) is 0. The molecule has 1 saturated heterocycles. The van der Waals surface area contributed by atoms with Crippen LogP contribution in [-0.2, 0) is 14.0 Å². The highest BCUT2D eigenvalue weighted by molar-refractivity contribution is 7.48. The Kier molecular flexibility index (Phi) is 4.80. The standard InChI is InChI=1S/C11H17N2O7P/c1-7-4-13(11(15)12-10(7)14)9-3-2-8(20-9)5-19-6-21(16,17)18/h4,8-9H,2-3,5-6H2,1H3,(H,12,14,15)(H2,16,17,18)/p-2/t8-,9+/m0/s1. The second-order valence-electron chi connectivity index (χ2n) is 4.88. The van der Waals surface area contributed by atoms with Gasteiger partial charge in [0.15, 0.2) is 0 Å². The number of H-pyrrole nitrogens is 1. The molecule has 1 N–H and O–H groups in total. The van der Waals surface area contributed by atoms with Crippen LogP contribution in [0.2, 0.25) is 0 Å². The summed E-state index contributed by atoms with van der Waals surface area (Å²) < 4.78 is 22.1. The Bertz CT molecular complexity index is 661. The van der Waals surface area contributed by atoms with E-state index in [1.54, 1.807) is 6.92 Å². The third-order valence-electron chi connectivity index (χ3n) is 3.09. The van der Waals surface area contributed by atoms with Gasteiger partial charge < -0.3 is 23.8 Å². The fourth-order valence-electron chi connectivity index (χ4n) is 2.11. The molecule has 0 radical (unpaired) electrons. The van der Waals surface area contributed by atoms with Crippen molar-refractivity contribution in [1.82, 2.24) is 9.55 Å². The first kappa shape index (κ1) is 16.1. The maximum Gasteiger partial charge on any atom is 0.330 e. The molecule has 0 aromatic carbocycles. The predicted molar refractivity (Wildman–Crippen MR) is 67.6 cm³/mol. The van der Waals surface area contributed by atoms with E-state index in [2.05, 4.69) is 4.98 Å². The minimum absolute atomic E-state index is 0.0396. The van der Waals surface area contributed by atoms with Crippen molar-refractivity contribution < 1.29 is 23.8 Å². The van der Waals surface area contributed by atoms with E-state index < -0.39 is 37.5 Å². The number of rotatable bonds is 5. The second kappa shape index (κ2) is 6.25. The van der Waals surface area contributed by atoms with Crippen LogP contribution in [0.15, 0.2) is 15.8 Å². The van der Waals surface area contributed by atoms with Gasteiger partial charge in [-0.2, -0.15) is 0 Å². The molecule has 10 heteroatoms. The summed E-state index contributed by atoms with van der Waals surface area (Å²) in [6.07, 6.45) is 0.658. The molecule has 0 aliphatic carbocycles. The highest BCUT2D eigenvalue weighted by atomic mass is 31.2. The Hall–Kier alpha value is -1.25. The van der Waals surface area contributed by atoms with Crippen molar-refractivity contribution in [2.75, 3.05) is 13.0 Å². The lowest BCUT2D eigenvalue weighted by molar-refractivity contribution is -0.318. The molecule has 21 heavy (non-hydrogen) atoms. The van der Waals surface area contributed by atoms with Gasteiger partial charge in [-0.05, 0) is 27.4 Å². The molecule has 1 fully saturated rings. The Morgan fingerprint density at radius 1 is 1.48 bits per heavy atom. The Balaban J connectivity index is 1.97. The topological polar surface area (TPSA) is 137 Å². The first-order chi connectivity index (χ1) is 9.76. The van der Waals surface area contributed by atoms with Gasteiger partial charge in [-0.3, -0.25) is 14.3 Å². The lowest BCUT2D eigenvalue weighted by Crippen LogP contribution is -2.33. The molecule has 2 rings (SSSR count). The molecule has 9 nitrogen and oxygen atoms in total. The van der Waals surface area contributed by atoms with Gasteiger partial charge in [-0.15, -0.1) is 0 Å². The Morgan fingerprint density at radius 2 is 2.19 bits per heavy atom. The third-order valence-corrected chi connectivity index (χ3v) is 3.59. The minimum atomic E-state index is -4.69. The second-order valence-corrected chi connectivity index (χ2v) is 6.36. The lowest BCUT2D eigenvalue weighted by Gasteiger charge is -2.29. The maximum atomic E-state index is 11.7. The molecule has 0 bridgehead atoms. The smallest absolute Gasteiger partial charge is 0.330 e. The summed E-state index contributed by atoms with van der Waals surface area (Å²) in [7, 11) is -4.69. The van der Waals surface area contributed by atoms with E-state index in [1.807, 2.05) is 0 Å². The van der Waals surface area contributed by atoms with Crippen molar-refractivity contribution >= 4 is 7.60 Å². The predicted octanol–water partition coefficient (Wildman–Crippen LogP) is -1.59. The zero-order valence-electron chi connectivity index (χ0n) is 11.3. The summed E-state index contributed by atoms with van der Waals surface area (Å²) in [5.74, 6) is 0. The van der Waals surface area contributed by atoms with Gasteiger partial charge in [-0.25, -0.2) is 4.79 Å². The monoisotopic (exact) mass is 318 g/mol. The van der Waals surface area contributed by atoms with Crippen LogP contribution in [0, 0.1) is 6.92 Å². The van der Waals surface area contributed by atoms with Crippen molar-refractivity contribution in [1.29, 1.82) is 0 Å². The molecule has 0 spiro atoms. The van der Waals surface area contributed by atoms with E-state index >= 15 is 0 Å². The largest absolute Gasteiger partial charge is 0.809 e. The minimum Gasteiger partial charge on any atom is -0.809 e. The van der Waals surface area contributed by atoms with E-state index in [0.717, 1.165) is 0 Å². The molecule has 0 amide bonds. The van der Waals surface area contributed by atoms with Gasteiger partial charge in [-0.1, -0.05) is 0 Å². The lowest BCUT2D eigenvalue weighted by atomic mass is 10.2. The Morgan fingerprint density at radius 3 is 2.86 bits per heavy atom. The number of aromatic nitrogens is 2. The number of hydrogen-bond acceptors (Lipinski definition) is 7. The number of hydrogen-bond donors (Lipinski definition) is 1. The first-order valence-electron chi connectivity index (χ1n) is 6.32. The van der Waals surface area contributed by atoms with E-state index in [0.29, 0.717) is 18.4 Å². The molecular formula is C11H15N2O7P-2. The first-order valence-corrected chi connectivity index (χ1v) is 8.05. The summed E-state index contributed by atoms with van der Waals surface area (Å²) in [6.45, 7) is 1.53. The zero-order valence-corrected chi connectivity index (χ0v) is 12.2. The van der Waals surface area contributed by atoms with E-state index in [-0.39, 0.29) is 6.61 Å². The van der Waals surface area contributed by atoms with Crippen molar-refractivity contribution in [2.24, 2.45) is 0 Å². The summed E-state index contributed by atoms with van der Waals surface area (Å²) in [4.78, 5) is 46.0. The maximum absolute atomic E-state index is 11.7. The number of nitrogens with one attached hydrogen (secondary N) is 1. The quantitative estimate of drug-likeness (QED) is 0.646. The van der Waals surface area contributed by atoms with E-state index in [4.69, 9.17) is 9.47 Å². The molecular weight excluding hydrogens is 303 g/mol. The van der Waals surface area contributed by atoms with Crippen LogP contribution in [-0.4, -0.2) is 28.6 Å². The van der Waals surface area contributed by atoms with E-state index in [9.17, 15) is 23.9 Å². The average molecular weight is 318 g/mol. The molecule has 2 heterocycles. The van der Waals surface area contributed by atoms with Crippen molar-refractivity contribution in [2.45, 2.75) is 32.1 Å². The van der Waals surface area contributed by atoms with Crippen LogP contribution in [0.5, 0.6) is 0 Å². The highest BCUT2D eigenvalue weighted by Gasteiger charge is 2.27. The van der Waals surface area contributed by atoms with Crippen LogP contribution in [0.4, 0.5) is 0 Å². The number of ether oxygens (including phenoxy) is 2. The summed E-state index contributed by atoms with van der Waals surface area (Å²) in [5.41, 5.74) is -0.631. The molecule has 1 aliphatic heterocycles. The fraction of sp³-hybridized carbons (Fsp3) is 0.636. The van der Waals surface area contributed by atoms with E-state index in [1.165, 1.54) is 10.8 Å². The van der Waals surface area contributed by atoms with Gasteiger partial charge in [0.25, 0.3) is 5.56 Å². The molecule has 118 valence electrons. The number of aromatic amines is 1. The van der Waals surface area contributed by atoms with Gasteiger partial charge in [0.1, 0.15) is 6.23 Å².